The predicted molar refractivity (Wildman–Crippen MR) is 81.5 cm³/mol. The van der Waals surface area contributed by atoms with E-state index in [1.807, 2.05) is 25.2 Å². The van der Waals surface area contributed by atoms with Crippen LogP contribution in [0.15, 0.2) is 33.4 Å². The molecule has 2 rings (SSSR count). The normalized spacial score (nSPS) is 10.4. The Morgan fingerprint density at radius 1 is 1.39 bits per heavy atom. The molecule has 0 aliphatic rings. The SMILES string of the molecule is COc1ccc(N)c(N(C)Cc2csc(Br)c2)c1. The molecule has 1 aromatic carbocycles. The molecule has 0 saturated carbocycles. The Hall–Kier alpha value is -1.20. The zero-order chi connectivity index (χ0) is 13.1. The van der Waals surface area contributed by atoms with Crippen molar-refractivity contribution in [1.82, 2.24) is 0 Å². The Bertz CT molecular complexity index is 542. The first-order valence-corrected chi connectivity index (χ1v) is 7.15. The van der Waals surface area contributed by atoms with Crippen LogP contribution in [0.1, 0.15) is 5.56 Å². The molecular weight excluding hydrogens is 312 g/mol. The van der Waals surface area contributed by atoms with Crippen molar-refractivity contribution in [2.75, 3.05) is 24.8 Å². The second kappa shape index (κ2) is 5.63. The Morgan fingerprint density at radius 3 is 2.78 bits per heavy atom. The second-order valence-corrected chi connectivity index (χ2v) is 6.33. The van der Waals surface area contributed by atoms with Gasteiger partial charge in [-0.1, -0.05) is 0 Å². The lowest BCUT2D eigenvalue weighted by Gasteiger charge is -2.21. The molecule has 0 atom stereocenters. The van der Waals surface area contributed by atoms with Crippen LogP contribution in [0, 0.1) is 0 Å². The Labute approximate surface area is 119 Å². The Kier molecular flexibility index (Phi) is 4.14. The van der Waals surface area contributed by atoms with Crippen molar-refractivity contribution < 1.29 is 4.74 Å². The number of rotatable bonds is 4. The van der Waals surface area contributed by atoms with Gasteiger partial charge in [-0.05, 0) is 45.1 Å². The van der Waals surface area contributed by atoms with Crippen molar-refractivity contribution in [3.05, 3.63) is 39.0 Å². The minimum absolute atomic E-state index is 0.757. The number of nitrogen functional groups attached to an aromatic ring is 1. The van der Waals surface area contributed by atoms with Crippen molar-refractivity contribution in [2.24, 2.45) is 0 Å². The highest BCUT2D eigenvalue weighted by Gasteiger charge is 2.08. The van der Waals surface area contributed by atoms with Crippen molar-refractivity contribution in [1.29, 1.82) is 0 Å². The number of nitrogens with zero attached hydrogens (tertiary/aromatic N) is 1. The molecule has 1 heterocycles. The number of anilines is 2. The van der Waals surface area contributed by atoms with Gasteiger partial charge in [0.05, 0.1) is 22.3 Å². The van der Waals surface area contributed by atoms with Gasteiger partial charge in [-0.25, -0.2) is 0 Å². The molecular formula is C13H15BrN2OS. The standard InChI is InChI=1S/C13H15BrN2OS/c1-16(7-9-5-13(14)18-8-9)12-6-10(17-2)3-4-11(12)15/h3-6,8H,7,15H2,1-2H3. The third-order valence-corrected chi connectivity index (χ3v) is 4.24. The van der Waals surface area contributed by atoms with Gasteiger partial charge in [0, 0.05) is 19.7 Å². The minimum atomic E-state index is 0.757. The topological polar surface area (TPSA) is 38.5 Å². The van der Waals surface area contributed by atoms with Gasteiger partial charge in [0.2, 0.25) is 0 Å². The molecule has 0 aliphatic heterocycles. The summed E-state index contributed by atoms with van der Waals surface area (Å²) in [6.07, 6.45) is 0. The first kappa shape index (κ1) is 13.2. The Balaban J connectivity index is 2.20. The van der Waals surface area contributed by atoms with Gasteiger partial charge in [0.15, 0.2) is 0 Å². The zero-order valence-electron chi connectivity index (χ0n) is 10.3. The summed E-state index contributed by atoms with van der Waals surface area (Å²) in [6, 6.07) is 7.82. The van der Waals surface area contributed by atoms with Crippen molar-refractivity contribution in [3.8, 4) is 5.75 Å². The first-order chi connectivity index (χ1) is 8.60. The molecule has 5 heteroatoms. The van der Waals surface area contributed by atoms with Crippen LogP contribution in [0.5, 0.6) is 5.75 Å². The van der Waals surface area contributed by atoms with Crippen LogP contribution >= 0.6 is 27.3 Å². The molecule has 0 bridgehead atoms. The van der Waals surface area contributed by atoms with E-state index in [0.29, 0.717) is 0 Å². The number of hydrogen-bond acceptors (Lipinski definition) is 4. The van der Waals surface area contributed by atoms with Crippen LogP contribution in [0.25, 0.3) is 0 Å². The van der Waals surface area contributed by atoms with Crippen LogP contribution in [0.2, 0.25) is 0 Å². The van der Waals surface area contributed by atoms with E-state index in [1.165, 1.54) is 5.56 Å². The largest absolute Gasteiger partial charge is 0.497 e. The first-order valence-electron chi connectivity index (χ1n) is 5.47. The summed E-state index contributed by atoms with van der Waals surface area (Å²) in [5.41, 5.74) is 9.00. The number of methoxy groups -OCH3 is 1. The average Bonchev–Trinajstić information content (AvgIpc) is 2.75. The van der Waals surface area contributed by atoms with Crippen LogP contribution < -0.4 is 15.4 Å². The molecule has 0 amide bonds. The molecule has 2 aromatic rings. The molecule has 0 fully saturated rings. The number of halogens is 1. The summed E-state index contributed by atoms with van der Waals surface area (Å²) in [5.74, 6) is 0.817. The number of thiophene rings is 1. The summed E-state index contributed by atoms with van der Waals surface area (Å²) in [6.45, 7) is 0.819. The molecule has 0 aliphatic carbocycles. The molecule has 18 heavy (non-hydrogen) atoms. The smallest absolute Gasteiger partial charge is 0.121 e. The fourth-order valence-corrected chi connectivity index (χ4v) is 2.97. The molecule has 0 radical (unpaired) electrons. The monoisotopic (exact) mass is 326 g/mol. The fourth-order valence-electron chi connectivity index (χ4n) is 1.77. The number of ether oxygens (including phenoxy) is 1. The number of nitrogens with two attached hydrogens (primary N) is 1. The van der Waals surface area contributed by atoms with Crippen LogP contribution in [-0.4, -0.2) is 14.2 Å². The van der Waals surface area contributed by atoms with Gasteiger partial charge in [-0.2, -0.15) is 0 Å². The quantitative estimate of drug-likeness (QED) is 0.870. The van der Waals surface area contributed by atoms with Crippen molar-refractivity contribution in [3.63, 3.8) is 0 Å². The average molecular weight is 327 g/mol. The van der Waals surface area contributed by atoms with E-state index in [0.717, 1.165) is 27.5 Å². The summed E-state index contributed by atoms with van der Waals surface area (Å²) in [4.78, 5) is 2.12. The van der Waals surface area contributed by atoms with Gasteiger partial charge >= 0.3 is 0 Å². The van der Waals surface area contributed by atoms with Gasteiger partial charge in [-0.15, -0.1) is 11.3 Å². The number of benzene rings is 1. The summed E-state index contributed by atoms with van der Waals surface area (Å²) in [7, 11) is 3.68. The van der Waals surface area contributed by atoms with E-state index >= 15 is 0 Å². The van der Waals surface area contributed by atoms with Crippen molar-refractivity contribution in [2.45, 2.75) is 6.54 Å². The minimum Gasteiger partial charge on any atom is -0.497 e. The third-order valence-electron chi connectivity index (χ3n) is 2.69. The van der Waals surface area contributed by atoms with Gasteiger partial charge < -0.3 is 15.4 Å². The van der Waals surface area contributed by atoms with Crippen LogP contribution in [0.4, 0.5) is 11.4 Å². The molecule has 0 saturated heterocycles. The zero-order valence-corrected chi connectivity index (χ0v) is 12.7. The lowest BCUT2D eigenvalue weighted by atomic mass is 10.2. The summed E-state index contributed by atoms with van der Waals surface area (Å²) < 4.78 is 6.37. The van der Waals surface area contributed by atoms with E-state index in [-0.39, 0.29) is 0 Å². The van der Waals surface area contributed by atoms with Crippen LogP contribution in [0.3, 0.4) is 0 Å². The molecule has 96 valence electrons. The highest BCUT2D eigenvalue weighted by atomic mass is 79.9. The predicted octanol–water partition coefficient (Wildman–Crippen LogP) is 3.74. The van der Waals surface area contributed by atoms with E-state index in [2.05, 4.69) is 32.3 Å². The van der Waals surface area contributed by atoms with E-state index in [9.17, 15) is 0 Å². The molecule has 0 unspecified atom stereocenters. The highest BCUT2D eigenvalue weighted by Crippen LogP contribution is 2.29. The van der Waals surface area contributed by atoms with Gasteiger partial charge in [0.1, 0.15) is 5.75 Å². The maximum Gasteiger partial charge on any atom is 0.121 e. The summed E-state index contributed by atoms with van der Waals surface area (Å²) >= 11 is 5.16. The van der Waals surface area contributed by atoms with E-state index < -0.39 is 0 Å². The third kappa shape index (κ3) is 2.97. The Morgan fingerprint density at radius 2 is 2.17 bits per heavy atom. The summed E-state index contributed by atoms with van der Waals surface area (Å²) in [5, 5.41) is 2.14. The lowest BCUT2D eigenvalue weighted by Crippen LogP contribution is -2.17. The van der Waals surface area contributed by atoms with E-state index in [4.69, 9.17) is 10.5 Å². The fraction of sp³-hybridized carbons (Fsp3) is 0.231. The molecule has 2 N–H and O–H groups in total. The molecule has 0 spiro atoms. The van der Waals surface area contributed by atoms with Gasteiger partial charge in [-0.3, -0.25) is 0 Å². The lowest BCUT2D eigenvalue weighted by molar-refractivity contribution is 0.415. The number of hydrogen-bond donors (Lipinski definition) is 1. The van der Waals surface area contributed by atoms with E-state index in [1.54, 1.807) is 18.4 Å². The maximum atomic E-state index is 6.00. The van der Waals surface area contributed by atoms with Crippen LogP contribution in [-0.2, 0) is 6.54 Å². The molecule has 1 aromatic heterocycles. The maximum absolute atomic E-state index is 6.00. The molecule has 3 nitrogen and oxygen atoms in total. The second-order valence-electron chi connectivity index (χ2n) is 4.04. The van der Waals surface area contributed by atoms with Crippen molar-refractivity contribution >= 4 is 38.6 Å². The highest BCUT2D eigenvalue weighted by molar-refractivity contribution is 9.11. The van der Waals surface area contributed by atoms with Gasteiger partial charge in [0.25, 0.3) is 0 Å².